The molecule has 0 aliphatic heterocycles. The summed E-state index contributed by atoms with van der Waals surface area (Å²) in [4.78, 5) is 3.86. The van der Waals surface area contributed by atoms with Gasteiger partial charge in [-0.25, -0.2) is 4.98 Å². The molecule has 0 amide bonds. The second kappa shape index (κ2) is 3.41. The molecule has 3 N–H and O–H groups in total. The van der Waals surface area contributed by atoms with Crippen molar-refractivity contribution in [1.82, 2.24) is 4.98 Å². The van der Waals surface area contributed by atoms with Crippen molar-refractivity contribution in [2.24, 2.45) is 0 Å². The fourth-order valence-electron chi connectivity index (χ4n) is 1.40. The topological polar surface area (TPSA) is 84.0 Å². The van der Waals surface area contributed by atoms with Gasteiger partial charge in [-0.1, -0.05) is 0 Å². The molecule has 1 aromatic heterocycles. The Kier molecular flexibility index (Phi) is 2.21. The molecule has 0 bridgehead atoms. The number of aromatic nitrogens is 1. The van der Waals surface area contributed by atoms with Gasteiger partial charge in [-0.2, -0.15) is 5.26 Å². The summed E-state index contributed by atoms with van der Waals surface area (Å²) in [7, 11) is 1.65. The number of pyridine rings is 1. The minimum Gasteiger partial charge on any atom is -0.384 e. The molecule has 1 aliphatic carbocycles. The van der Waals surface area contributed by atoms with E-state index in [4.69, 9.17) is 15.7 Å². The molecular formula is C10H12N4O. The van der Waals surface area contributed by atoms with Crippen LogP contribution in [0.4, 0.5) is 11.5 Å². The molecule has 78 valence electrons. The molecule has 1 saturated carbocycles. The van der Waals surface area contributed by atoms with Gasteiger partial charge in [-0.15, -0.1) is 0 Å². The lowest BCUT2D eigenvalue weighted by Gasteiger charge is -2.17. The number of anilines is 2. The van der Waals surface area contributed by atoms with Gasteiger partial charge >= 0.3 is 0 Å². The predicted molar refractivity (Wildman–Crippen MR) is 56.0 cm³/mol. The minimum atomic E-state index is -0.306. The lowest BCUT2D eigenvalue weighted by molar-refractivity contribution is 0.105. The molecular weight excluding hydrogens is 192 g/mol. The summed E-state index contributed by atoms with van der Waals surface area (Å²) in [6, 6.07) is 3.71. The van der Waals surface area contributed by atoms with Gasteiger partial charge < -0.3 is 15.8 Å². The maximum atomic E-state index is 8.89. The summed E-state index contributed by atoms with van der Waals surface area (Å²) in [5.41, 5.74) is 6.42. The van der Waals surface area contributed by atoms with Crippen molar-refractivity contribution < 1.29 is 4.74 Å². The molecule has 5 nitrogen and oxygen atoms in total. The molecule has 1 fully saturated rings. The first kappa shape index (κ1) is 9.74. The van der Waals surface area contributed by atoms with E-state index in [9.17, 15) is 0 Å². The summed E-state index contributed by atoms with van der Waals surface area (Å²) < 4.78 is 5.31. The highest BCUT2D eigenvalue weighted by Gasteiger charge is 2.43. The number of hydrogen-bond acceptors (Lipinski definition) is 5. The first-order valence-electron chi connectivity index (χ1n) is 4.68. The number of rotatable bonds is 3. The summed E-state index contributed by atoms with van der Waals surface area (Å²) >= 11 is 0. The molecule has 2 rings (SSSR count). The Bertz CT molecular complexity index is 420. The van der Waals surface area contributed by atoms with E-state index in [1.54, 1.807) is 13.2 Å². The summed E-state index contributed by atoms with van der Waals surface area (Å²) in [5.74, 6) is 0.392. The fourth-order valence-corrected chi connectivity index (χ4v) is 1.40. The third kappa shape index (κ3) is 1.85. The van der Waals surface area contributed by atoms with Crippen LogP contribution in [0.1, 0.15) is 18.4 Å². The zero-order valence-electron chi connectivity index (χ0n) is 8.45. The van der Waals surface area contributed by atoms with E-state index >= 15 is 0 Å². The number of nitriles is 1. The van der Waals surface area contributed by atoms with Crippen molar-refractivity contribution in [1.29, 1.82) is 5.26 Å². The van der Waals surface area contributed by atoms with Gasteiger partial charge in [0.05, 0.1) is 11.3 Å². The normalized spacial score (nSPS) is 16.8. The number of hydrogen-bond donors (Lipinski definition) is 2. The average molecular weight is 204 g/mol. The van der Waals surface area contributed by atoms with Crippen LogP contribution in [0.25, 0.3) is 0 Å². The van der Waals surface area contributed by atoms with Crippen LogP contribution in [-0.2, 0) is 4.74 Å². The first-order valence-corrected chi connectivity index (χ1v) is 4.68. The van der Waals surface area contributed by atoms with Gasteiger partial charge in [0.1, 0.15) is 17.6 Å². The lowest BCUT2D eigenvalue weighted by atomic mass is 10.2. The van der Waals surface area contributed by atoms with Gasteiger partial charge in [-0.3, -0.25) is 0 Å². The van der Waals surface area contributed by atoms with E-state index in [0.717, 1.165) is 12.8 Å². The molecule has 15 heavy (non-hydrogen) atoms. The third-order valence-electron chi connectivity index (χ3n) is 2.50. The number of methoxy groups -OCH3 is 1. The Morgan fingerprint density at radius 2 is 2.40 bits per heavy atom. The molecule has 0 spiro atoms. The number of nitrogen functional groups attached to an aromatic ring is 1. The van der Waals surface area contributed by atoms with Crippen LogP contribution in [0.5, 0.6) is 0 Å². The van der Waals surface area contributed by atoms with Crippen molar-refractivity contribution in [3.63, 3.8) is 0 Å². The highest BCUT2D eigenvalue weighted by atomic mass is 16.5. The van der Waals surface area contributed by atoms with E-state index in [2.05, 4.69) is 16.4 Å². The maximum Gasteiger partial charge on any atom is 0.138 e. The number of nitrogens with zero attached hydrogens (tertiary/aromatic N) is 2. The second-order valence-electron chi connectivity index (χ2n) is 3.59. The van der Waals surface area contributed by atoms with Gasteiger partial charge in [0.15, 0.2) is 0 Å². The summed E-state index contributed by atoms with van der Waals surface area (Å²) in [6.45, 7) is 0. The van der Waals surface area contributed by atoms with E-state index < -0.39 is 0 Å². The van der Waals surface area contributed by atoms with Crippen LogP contribution in [0.15, 0.2) is 12.3 Å². The average Bonchev–Trinajstić information content (AvgIpc) is 2.99. The van der Waals surface area contributed by atoms with Crippen molar-refractivity contribution in [3.8, 4) is 6.07 Å². The predicted octanol–water partition coefficient (Wildman–Crippen LogP) is 1.08. The number of nitrogens with one attached hydrogen (secondary N) is 1. The molecule has 1 heterocycles. The SMILES string of the molecule is COC1(Nc2cc(N)ncc2C#N)CC1. The Hall–Kier alpha value is -1.80. The monoisotopic (exact) mass is 204 g/mol. The molecule has 0 unspecified atom stereocenters. The van der Waals surface area contributed by atoms with Crippen LogP contribution in [0.3, 0.4) is 0 Å². The molecule has 5 heteroatoms. The Morgan fingerprint density at radius 1 is 1.67 bits per heavy atom. The Labute approximate surface area is 87.9 Å². The summed E-state index contributed by atoms with van der Waals surface area (Å²) in [5, 5.41) is 12.1. The zero-order chi connectivity index (χ0) is 10.9. The van der Waals surface area contributed by atoms with Crippen molar-refractivity contribution in [2.45, 2.75) is 18.6 Å². The van der Waals surface area contributed by atoms with E-state index in [1.165, 1.54) is 6.20 Å². The van der Waals surface area contributed by atoms with E-state index in [1.807, 2.05) is 0 Å². The quantitative estimate of drug-likeness (QED) is 0.720. The minimum absolute atomic E-state index is 0.306. The zero-order valence-corrected chi connectivity index (χ0v) is 8.45. The molecule has 1 aliphatic rings. The number of ether oxygens (including phenoxy) is 1. The number of nitrogens with two attached hydrogens (primary N) is 1. The van der Waals surface area contributed by atoms with Crippen molar-refractivity contribution in [2.75, 3.05) is 18.2 Å². The molecule has 0 atom stereocenters. The fraction of sp³-hybridized carbons (Fsp3) is 0.400. The summed E-state index contributed by atoms with van der Waals surface area (Å²) in [6.07, 6.45) is 3.34. The highest BCUT2D eigenvalue weighted by Crippen LogP contribution is 2.40. The molecule has 0 radical (unpaired) electrons. The maximum absolute atomic E-state index is 8.89. The molecule has 0 aromatic carbocycles. The van der Waals surface area contributed by atoms with Gasteiger partial charge in [0.2, 0.25) is 0 Å². The largest absolute Gasteiger partial charge is 0.384 e. The van der Waals surface area contributed by atoms with E-state index in [-0.39, 0.29) is 5.72 Å². The lowest BCUT2D eigenvalue weighted by Crippen LogP contribution is -2.23. The van der Waals surface area contributed by atoms with Crippen LogP contribution in [0.2, 0.25) is 0 Å². The van der Waals surface area contributed by atoms with Crippen LogP contribution in [0, 0.1) is 11.3 Å². The Morgan fingerprint density at radius 3 is 2.93 bits per heavy atom. The first-order chi connectivity index (χ1) is 7.19. The van der Waals surface area contributed by atoms with Crippen LogP contribution >= 0.6 is 0 Å². The molecule has 0 saturated heterocycles. The van der Waals surface area contributed by atoms with Crippen LogP contribution in [-0.4, -0.2) is 17.8 Å². The van der Waals surface area contributed by atoms with E-state index in [0.29, 0.717) is 17.1 Å². The third-order valence-corrected chi connectivity index (χ3v) is 2.50. The molecule has 1 aromatic rings. The van der Waals surface area contributed by atoms with Crippen LogP contribution < -0.4 is 11.1 Å². The van der Waals surface area contributed by atoms with Gasteiger partial charge in [0, 0.05) is 19.4 Å². The highest BCUT2D eigenvalue weighted by molar-refractivity contribution is 5.62. The van der Waals surface area contributed by atoms with Crippen molar-refractivity contribution >= 4 is 11.5 Å². The Balaban J connectivity index is 2.27. The van der Waals surface area contributed by atoms with Gasteiger partial charge in [-0.05, 0) is 12.8 Å². The van der Waals surface area contributed by atoms with Crippen molar-refractivity contribution in [3.05, 3.63) is 17.8 Å². The smallest absolute Gasteiger partial charge is 0.138 e. The van der Waals surface area contributed by atoms with Gasteiger partial charge in [0.25, 0.3) is 0 Å². The standard InChI is InChI=1S/C10H12N4O/c1-15-10(2-3-10)14-8-4-9(12)13-6-7(8)5-11/h4,6H,2-3H2,1H3,(H3,12,13,14). The second-order valence-corrected chi connectivity index (χ2v) is 3.59.